The maximum atomic E-state index is 15.2. The second-order valence-electron chi connectivity index (χ2n) is 16.6. The number of esters is 1. The van der Waals surface area contributed by atoms with Gasteiger partial charge in [0, 0.05) is 94.1 Å². The van der Waals surface area contributed by atoms with Crippen molar-refractivity contribution >= 4 is 43.8 Å². The summed E-state index contributed by atoms with van der Waals surface area (Å²) in [5, 5.41) is 3.28. The molecule has 0 saturated carbocycles. The lowest BCUT2D eigenvalue weighted by Gasteiger charge is -2.27. The first kappa shape index (κ1) is 63.7. The van der Waals surface area contributed by atoms with Crippen LogP contribution in [0, 0.1) is 13.8 Å². The fourth-order valence-corrected chi connectivity index (χ4v) is 8.12. The number of hydrogen-bond donors (Lipinski definition) is 3. The van der Waals surface area contributed by atoms with Crippen LogP contribution in [0.1, 0.15) is 38.3 Å². The Hall–Kier alpha value is -4.82. The average molecular weight is 1100 g/mol. The van der Waals surface area contributed by atoms with E-state index < -0.39 is 60.0 Å². The van der Waals surface area contributed by atoms with Gasteiger partial charge in [-0.3, -0.25) is 18.8 Å². The predicted octanol–water partition coefficient (Wildman–Crippen LogP) is 2.98. The zero-order chi connectivity index (χ0) is 55.6. The molecule has 0 aliphatic heterocycles. The van der Waals surface area contributed by atoms with Gasteiger partial charge in [0.15, 0.2) is 6.54 Å². The maximum Gasteiger partial charge on any atom is 0.345 e. The molecule has 4 N–H and O–H groups in total. The van der Waals surface area contributed by atoms with Crippen LogP contribution in [0.2, 0.25) is 0 Å². The van der Waals surface area contributed by atoms with Gasteiger partial charge in [-0.15, -0.1) is 0 Å². The monoisotopic (exact) mass is 1100 g/mol. The number of rotatable bonds is 39. The molecule has 426 valence electrons. The third-order valence-corrected chi connectivity index (χ3v) is 11.6. The van der Waals surface area contributed by atoms with E-state index in [-0.39, 0.29) is 92.0 Å². The summed E-state index contributed by atoms with van der Waals surface area (Å²) in [6, 6.07) is 12.7. The predicted molar refractivity (Wildman–Crippen MR) is 270 cm³/mol. The number of methoxy groups -OCH3 is 8. The molecule has 4 rings (SSSR count). The minimum atomic E-state index is -4.39. The van der Waals surface area contributed by atoms with Gasteiger partial charge in [-0.25, -0.2) is 4.79 Å². The van der Waals surface area contributed by atoms with Gasteiger partial charge in [0.1, 0.15) is 29.5 Å². The number of nitrogens with two attached hydrogens (primary N) is 1. The normalized spacial score (nSPS) is 12.9. The van der Waals surface area contributed by atoms with Crippen LogP contribution in [0.3, 0.4) is 0 Å². The Labute approximate surface area is 442 Å². The lowest BCUT2D eigenvalue weighted by Crippen LogP contribution is -2.39. The van der Waals surface area contributed by atoms with E-state index in [0.29, 0.717) is 54.1 Å². The highest BCUT2D eigenvalue weighted by Gasteiger charge is 2.31. The van der Waals surface area contributed by atoms with Crippen LogP contribution in [0.4, 0.5) is 0 Å². The van der Waals surface area contributed by atoms with Crippen molar-refractivity contribution in [2.24, 2.45) is 5.73 Å². The van der Waals surface area contributed by atoms with Crippen LogP contribution in [-0.4, -0.2) is 192 Å². The molecule has 2 atom stereocenters. The molecule has 76 heavy (non-hydrogen) atoms. The largest absolute Gasteiger partial charge is 0.441 e. The summed E-state index contributed by atoms with van der Waals surface area (Å²) < 4.78 is 132. The summed E-state index contributed by atoms with van der Waals surface area (Å²) in [5.74, 6) is -1.45. The molecule has 4 aromatic rings. The molecule has 0 saturated heterocycles. The highest BCUT2D eigenvalue weighted by molar-refractivity contribution is 7.85. The number of nitrogens with one attached hydrogen (secondary N) is 1. The zero-order valence-electron chi connectivity index (χ0n) is 44.7. The lowest BCUT2D eigenvalue weighted by molar-refractivity contribution is -0.645. The third-order valence-electron chi connectivity index (χ3n) is 10.8. The van der Waals surface area contributed by atoms with Crippen LogP contribution in [0.15, 0.2) is 48.5 Å². The summed E-state index contributed by atoms with van der Waals surface area (Å²) in [7, 11) is 6.95. The first-order valence-electron chi connectivity index (χ1n) is 23.9. The smallest absolute Gasteiger partial charge is 0.345 e. The fraction of sp³-hybridized carbons (Fsp3) is 0.580. The Kier molecular flexibility index (Phi) is 28.1. The van der Waals surface area contributed by atoms with E-state index in [1.165, 1.54) is 69.0 Å². The fourth-order valence-electron chi connectivity index (χ4n) is 7.62. The molecule has 2 unspecified atom stereocenters. The molecule has 0 fully saturated rings. The molecule has 0 aliphatic carbocycles. The molecule has 3 aromatic carbocycles. The van der Waals surface area contributed by atoms with E-state index in [9.17, 15) is 17.8 Å². The molecular weight excluding hydrogens is 1030 g/mol. The number of nitrogens with zero attached hydrogens (tertiary/aromatic N) is 1. The van der Waals surface area contributed by atoms with E-state index in [1.54, 1.807) is 54.8 Å². The van der Waals surface area contributed by atoms with E-state index in [2.05, 4.69) is 5.32 Å². The standard InChI is InChI=1S/C50H73N3O22S/c1-32-24-34(45(54)52-17-20-68-22-21-67-19-16-51)25-33(2)44(32)73-46(55)43-39-26-35(69-49(74-47(63-7)64-8)71-37(28-59-3)29-60-4)12-14-41(39)53(18-11-23-76(56,57)58)42-15-13-36(27-40(42)43)70-50(75-48(65-9)66-10)72-38(30-61-5)31-62-6/h12-15,24-27,37-38,47-50H,11,16-23,28-31,51H2,1-10H3,(H-,52,54,56,57,58)/p+1. The minimum absolute atomic E-state index is 0.0153. The average Bonchev–Trinajstić information content (AvgIpc) is 3.38. The molecule has 0 aliphatic rings. The Morgan fingerprint density at radius 3 is 1.51 bits per heavy atom. The molecule has 0 spiro atoms. The quantitative estimate of drug-likeness (QED) is 0.0110. The first-order chi connectivity index (χ1) is 36.6. The van der Waals surface area contributed by atoms with Gasteiger partial charge in [-0.2, -0.15) is 13.0 Å². The van der Waals surface area contributed by atoms with Gasteiger partial charge >= 0.3 is 18.9 Å². The van der Waals surface area contributed by atoms with E-state index in [1.807, 2.05) is 0 Å². The molecule has 0 radical (unpaired) electrons. The van der Waals surface area contributed by atoms with Crippen molar-refractivity contribution in [2.45, 2.75) is 64.9 Å². The summed E-state index contributed by atoms with van der Waals surface area (Å²) in [6.07, 6.45) is -1.47. The number of aryl methyl sites for hydroxylation is 3. The van der Waals surface area contributed by atoms with Gasteiger partial charge in [-0.1, -0.05) is 0 Å². The molecule has 1 aromatic heterocycles. The van der Waals surface area contributed by atoms with Crippen molar-refractivity contribution in [3.8, 4) is 17.2 Å². The minimum Gasteiger partial charge on any atom is -0.441 e. The molecular formula is C50H74N3O22S+. The van der Waals surface area contributed by atoms with Gasteiger partial charge in [0.05, 0.1) is 74.9 Å². The molecule has 1 heterocycles. The van der Waals surface area contributed by atoms with Crippen molar-refractivity contribution < 1.29 is 108 Å². The topological polar surface area (TPSA) is 287 Å². The van der Waals surface area contributed by atoms with Crippen molar-refractivity contribution in [1.82, 2.24) is 5.32 Å². The number of fused-ring (bicyclic) bond motifs is 2. The lowest BCUT2D eigenvalue weighted by atomic mass is 10.0. The number of hydrogen-bond acceptors (Lipinski definition) is 22. The van der Waals surface area contributed by atoms with E-state index in [0.717, 1.165) is 0 Å². The maximum absolute atomic E-state index is 15.2. The van der Waals surface area contributed by atoms with Crippen LogP contribution in [-0.2, 0) is 83.0 Å². The molecule has 25 nitrogen and oxygen atoms in total. The van der Waals surface area contributed by atoms with Gasteiger partial charge in [-0.05, 0) is 61.4 Å². The Morgan fingerprint density at radius 2 is 1.09 bits per heavy atom. The van der Waals surface area contributed by atoms with E-state index >= 15 is 4.79 Å². The van der Waals surface area contributed by atoms with Gasteiger partial charge in [0.25, 0.3) is 29.0 Å². The number of pyridine rings is 1. The molecule has 0 bridgehead atoms. The highest BCUT2D eigenvalue weighted by atomic mass is 32.2. The van der Waals surface area contributed by atoms with Crippen molar-refractivity contribution in [3.63, 3.8) is 0 Å². The van der Waals surface area contributed by atoms with Gasteiger partial charge < -0.3 is 82.1 Å². The SMILES string of the molecule is COCC(COC)OC(Oc1ccc2c(c1)c(C(=O)Oc1c(C)cc(C(=O)NCCOCCOCCN)cc1C)c1cc(OC(OC(COC)COC)OC(OC)OC)ccc1[n+]2CCCS(=O)(=O)O)OC(OC)OC. The van der Waals surface area contributed by atoms with Crippen LogP contribution >= 0.6 is 0 Å². The van der Waals surface area contributed by atoms with Crippen LogP contribution in [0.5, 0.6) is 17.2 Å². The summed E-state index contributed by atoms with van der Waals surface area (Å²) in [5.41, 5.74) is 7.46. The highest BCUT2D eigenvalue weighted by Crippen LogP contribution is 2.34. The van der Waals surface area contributed by atoms with Gasteiger partial charge in [0.2, 0.25) is 11.0 Å². The first-order valence-corrected chi connectivity index (χ1v) is 25.6. The number of carbonyl (C=O) groups is 2. The second-order valence-corrected chi connectivity index (χ2v) is 18.1. The molecule has 26 heteroatoms. The Bertz CT molecular complexity index is 2380. The number of amides is 1. The van der Waals surface area contributed by atoms with Crippen molar-refractivity contribution in [1.29, 1.82) is 0 Å². The second kappa shape index (κ2) is 33.5. The summed E-state index contributed by atoms with van der Waals surface area (Å²) >= 11 is 0. The number of ether oxygens (including phenoxy) is 17. The Balaban J connectivity index is 1.95. The summed E-state index contributed by atoms with van der Waals surface area (Å²) in [6.45, 7) is 0.163. The van der Waals surface area contributed by atoms with Crippen LogP contribution < -0.4 is 29.8 Å². The van der Waals surface area contributed by atoms with E-state index in [4.69, 9.17) is 86.3 Å². The van der Waals surface area contributed by atoms with Crippen molar-refractivity contribution in [2.75, 3.05) is 129 Å². The number of benzene rings is 3. The summed E-state index contributed by atoms with van der Waals surface area (Å²) in [4.78, 5) is 28.6. The van der Waals surface area contributed by atoms with Crippen LogP contribution in [0.25, 0.3) is 21.8 Å². The third kappa shape index (κ3) is 20.2. The zero-order valence-corrected chi connectivity index (χ0v) is 45.5. The number of aromatic nitrogens is 1. The molecule has 1 amide bonds. The number of carbonyl (C=O) groups excluding carboxylic acids is 2. The Morgan fingerprint density at radius 1 is 0.632 bits per heavy atom. The van der Waals surface area contributed by atoms with Crippen molar-refractivity contribution in [3.05, 3.63) is 70.8 Å².